The van der Waals surface area contributed by atoms with E-state index in [4.69, 9.17) is 11.5 Å². The van der Waals surface area contributed by atoms with E-state index < -0.39 is 11.7 Å². The van der Waals surface area contributed by atoms with E-state index in [1.807, 2.05) is 6.07 Å². The highest BCUT2D eigenvalue weighted by Gasteiger charge is 2.12. The molecular formula is C13H11BrFN3O. The number of anilines is 3. The lowest BCUT2D eigenvalue weighted by atomic mass is 10.1. The van der Waals surface area contributed by atoms with Crippen LogP contribution in [0.25, 0.3) is 0 Å². The largest absolute Gasteiger partial charge is 0.398 e. The SMILES string of the molecule is NC(=O)c1cc(Nc2cccc(Br)c2)c(F)cc1N. The second-order valence-corrected chi connectivity index (χ2v) is 4.83. The van der Waals surface area contributed by atoms with Crippen molar-refractivity contribution < 1.29 is 9.18 Å². The summed E-state index contributed by atoms with van der Waals surface area (Å²) in [5, 5.41) is 2.87. The Morgan fingerprint density at radius 2 is 2.00 bits per heavy atom. The number of nitrogens with one attached hydrogen (secondary N) is 1. The fourth-order valence-corrected chi connectivity index (χ4v) is 2.02. The van der Waals surface area contributed by atoms with Crippen LogP contribution in [0.2, 0.25) is 0 Å². The Balaban J connectivity index is 2.40. The van der Waals surface area contributed by atoms with Crippen molar-refractivity contribution in [1.82, 2.24) is 0 Å². The second-order valence-electron chi connectivity index (χ2n) is 3.92. The van der Waals surface area contributed by atoms with Gasteiger partial charge < -0.3 is 16.8 Å². The minimum Gasteiger partial charge on any atom is -0.398 e. The van der Waals surface area contributed by atoms with Gasteiger partial charge in [0.15, 0.2) is 0 Å². The Hall–Kier alpha value is -2.08. The third kappa shape index (κ3) is 3.03. The van der Waals surface area contributed by atoms with E-state index in [2.05, 4.69) is 21.2 Å². The molecule has 2 aromatic carbocycles. The van der Waals surface area contributed by atoms with Crippen LogP contribution in [-0.2, 0) is 0 Å². The maximum Gasteiger partial charge on any atom is 0.250 e. The van der Waals surface area contributed by atoms with Gasteiger partial charge >= 0.3 is 0 Å². The smallest absolute Gasteiger partial charge is 0.250 e. The molecule has 0 aliphatic rings. The molecule has 2 aromatic rings. The van der Waals surface area contributed by atoms with E-state index in [0.29, 0.717) is 5.69 Å². The molecule has 0 saturated carbocycles. The van der Waals surface area contributed by atoms with Gasteiger partial charge in [0.2, 0.25) is 0 Å². The van der Waals surface area contributed by atoms with Crippen LogP contribution < -0.4 is 16.8 Å². The zero-order valence-corrected chi connectivity index (χ0v) is 11.4. The molecule has 0 atom stereocenters. The molecule has 0 unspecified atom stereocenters. The van der Waals surface area contributed by atoms with Crippen molar-refractivity contribution in [2.24, 2.45) is 5.73 Å². The summed E-state index contributed by atoms with van der Waals surface area (Å²) in [7, 11) is 0. The Morgan fingerprint density at radius 3 is 2.63 bits per heavy atom. The molecule has 0 spiro atoms. The summed E-state index contributed by atoms with van der Waals surface area (Å²) >= 11 is 3.32. The molecule has 2 rings (SSSR count). The molecule has 0 radical (unpaired) electrons. The monoisotopic (exact) mass is 323 g/mol. The highest BCUT2D eigenvalue weighted by Crippen LogP contribution is 2.26. The lowest BCUT2D eigenvalue weighted by Gasteiger charge is -2.10. The van der Waals surface area contributed by atoms with Gasteiger partial charge in [0, 0.05) is 15.8 Å². The lowest BCUT2D eigenvalue weighted by Crippen LogP contribution is -2.14. The number of halogens is 2. The van der Waals surface area contributed by atoms with E-state index in [9.17, 15) is 9.18 Å². The number of hydrogen-bond donors (Lipinski definition) is 3. The van der Waals surface area contributed by atoms with Gasteiger partial charge in [-0.1, -0.05) is 22.0 Å². The summed E-state index contributed by atoms with van der Waals surface area (Å²) in [6, 6.07) is 9.56. The Kier molecular flexibility index (Phi) is 3.71. The first kappa shape index (κ1) is 13.4. The number of carbonyl (C=O) groups is 1. The summed E-state index contributed by atoms with van der Waals surface area (Å²) < 4.78 is 14.6. The van der Waals surface area contributed by atoms with Crippen LogP contribution in [0, 0.1) is 5.82 Å². The van der Waals surface area contributed by atoms with Crippen molar-refractivity contribution in [3.8, 4) is 0 Å². The highest BCUT2D eigenvalue weighted by atomic mass is 79.9. The van der Waals surface area contributed by atoms with Gasteiger partial charge in [-0.05, 0) is 30.3 Å². The van der Waals surface area contributed by atoms with Crippen molar-refractivity contribution >= 4 is 38.9 Å². The third-order valence-electron chi connectivity index (χ3n) is 2.51. The van der Waals surface area contributed by atoms with Crippen molar-refractivity contribution in [3.63, 3.8) is 0 Å². The van der Waals surface area contributed by atoms with E-state index >= 15 is 0 Å². The van der Waals surface area contributed by atoms with Crippen LogP contribution in [0.3, 0.4) is 0 Å². The molecule has 6 heteroatoms. The number of carbonyl (C=O) groups excluding carboxylic acids is 1. The third-order valence-corrected chi connectivity index (χ3v) is 3.00. The quantitative estimate of drug-likeness (QED) is 0.759. The molecule has 0 aliphatic heterocycles. The molecule has 98 valence electrons. The highest BCUT2D eigenvalue weighted by molar-refractivity contribution is 9.10. The van der Waals surface area contributed by atoms with Crippen molar-refractivity contribution in [2.75, 3.05) is 11.1 Å². The van der Waals surface area contributed by atoms with E-state index in [-0.39, 0.29) is 16.9 Å². The predicted octanol–water partition coefficient (Wildman–Crippen LogP) is 3.01. The molecule has 0 bridgehead atoms. The van der Waals surface area contributed by atoms with Crippen LogP contribution in [-0.4, -0.2) is 5.91 Å². The molecule has 0 heterocycles. The number of nitrogen functional groups attached to an aromatic ring is 1. The number of benzene rings is 2. The fraction of sp³-hybridized carbons (Fsp3) is 0. The van der Waals surface area contributed by atoms with Crippen LogP contribution in [0.1, 0.15) is 10.4 Å². The van der Waals surface area contributed by atoms with E-state index in [0.717, 1.165) is 10.5 Å². The Bertz CT molecular complexity index is 646. The van der Waals surface area contributed by atoms with Crippen molar-refractivity contribution in [1.29, 1.82) is 0 Å². The molecular weight excluding hydrogens is 313 g/mol. The number of rotatable bonds is 3. The molecule has 0 fully saturated rings. The molecule has 0 aromatic heterocycles. The molecule has 0 aliphatic carbocycles. The summed E-state index contributed by atoms with van der Waals surface area (Å²) in [4.78, 5) is 11.2. The average Bonchev–Trinajstić information content (AvgIpc) is 2.32. The van der Waals surface area contributed by atoms with Gasteiger partial charge in [0.25, 0.3) is 5.91 Å². The van der Waals surface area contributed by atoms with Gasteiger partial charge in [-0.15, -0.1) is 0 Å². The Labute approximate surface area is 117 Å². The standard InChI is InChI=1S/C13H11BrFN3O/c14-7-2-1-3-8(4-7)18-12-5-9(13(17)19)11(16)6-10(12)15/h1-6,18H,16H2,(H2,17,19). The van der Waals surface area contributed by atoms with Crippen LogP contribution >= 0.6 is 15.9 Å². The molecule has 0 saturated heterocycles. The zero-order chi connectivity index (χ0) is 14.0. The van der Waals surface area contributed by atoms with Crippen LogP contribution in [0.4, 0.5) is 21.5 Å². The number of amides is 1. The van der Waals surface area contributed by atoms with Gasteiger partial charge in [-0.25, -0.2) is 4.39 Å². The summed E-state index contributed by atoms with van der Waals surface area (Å²) in [6.45, 7) is 0. The number of nitrogens with two attached hydrogens (primary N) is 2. The first-order valence-corrected chi connectivity index (χ1v) is 6.18. The zero-order valence-electron chi connectivity index (χ0n) is 9.78. The summed E-state index contributed by atoms with van der Waals surface area (Å²) in [5.74, 6) is -1.25. The van der Waals surface area contributed by atoms with Crippen molar-refractivity contribution in [2.45, 2.75) is 0 Å². The average molecular weight is 324 g/mol. The maximum atomic E-state index is 13.8. The predicted molar refractivity (Wildman–Crippen MR) is 76.8 cm³/mol. The van der Waals surface area contributed by atoms with E-state index in [1.54, 1.807) is 18.2 Å². The summed E-state index contributed by atoms with van der Waals surface area (Å²) in [6.07, 6.45) is 0. The Morgan fingerprint density at radius 1 is 1.26 bits per heavy atom. The number of primary amides is 1. The lowest BCUT2D eigenvalue weighted by molar-refractivity contribution is 0.100. The van der Waals surface area contributed by atoms with Gasteiger partial charge in [0.05, 0.1) is 11.3 Å². The number of hydrogen-bond acceptors (Lipinski definition) is 3. The second kappa shape index (κ2) is 5.27. The fourth-order valence-electron chi connectivity index (χ4n) is 1.62. The van der Waals surface area contributed by atoms with Gasteiger partial charge in [-0.3, -0.25) is 4.79 Å². The normalized spacial score (nSPS) is 10.2. The van der Waals surface area contributed by atoms with Crippen molar-refractivity contribution in [3.05, 3.63) is 52.3 Å². The first-order valence-electron chi connectivity index (χ1n) is 5.39. The first-order chi connectivity index (χ1) is 8.97. The topological polar surface area (TPSA) is 81.1 Å². The minimum absolute atomic E-state index is 0.0183. The van der Waals surface area contributed by atoms with Crippen LogP contribution in [0.15, 0.2) is 40.9 Å². The van der Waals surface area contributed by atoms with Gasteiger partial charge in [0.1, 0.15) is 5.82 Å². The van der Waals surface area contributed by atoms with E-state index in [1.165, 1.54) is 6.07 Å². The van der Waals surface area contributed by atoms with Gasteiger partial charge in [-0.2, -0.15) is 0 Å². The summed E-state index contributed by atoms with van der Waals surface area (Å²) in [5.41, 5.74) is 11.6. The molecule has 5 N–H and O–H groups in total. The maximum absolute atomic E-state index is 13.8. The molecule has 1 amide bonds. The minimum atomic E-state index is -0.699. The molecule has 4 nitrogen and oxygen atoms in total. The van der Waals surface area contributed by atoms with Crippen LogP contribution in [0.5, 0.6) is 0 Å². The molecule has 19 heavy (non-hydrogen) atoms.